The molecule has 0 aromatic heterocycles. The fourth-order valence-corrected chi connectivity index (χ4v) is 3.70. The highest BCUT2D eigenvalue weighted by atomic mass is 16.2. The van der Waals surface area contributed by atoms with Crippen LogP contribution >= 0.6 is 0 Å². The van der Waals surface area contributed by atoms with E-state index < -0.39 is 6.04 Å². The number of rotatable bonds is 5. The van der Waals surface area contributed by atoms with Crippen molar-refractivity contribution in [1.82, 2.24) is 10.2 Å². The fourth-order valence-electron chi connectivity index (χ4n) is 3.70. The molecule has 2 aromatic rings. The Morgan fingerprint density at radius 2 is 1.82 bits per heavy atom. The molecule has 0 aliphatic carbocycles. The summed E-state index contributed by atoms with van der Waals surface area (Å²) in [5, 5.41) is 5.68. The van der Waals surface area contributed by atoms with Crippen molar-refractivity contribution in [2.75, 3.05) is 5.32 Å². The van der Waals surface area contributed by atoms with Crippen LogP contribution in [0, 0.1) is 0 Å². The number of nitrogens with zero attached hydrogens (tertiary/aromatic N) is 1. The Kier molecular flexibility index (Phi) is 4.83. The van der Waals surface area contributed by atoms with E-state index in [1.165, 1.54) is 0 Å². The van der Waals surface area contributed by atoms with Crippen LogP contribution in [0.15, 0.2) is 42.5 Å². The summed E-state index contributed by atoms with van der Waals surface area (Å²) in [5.41, 5.74) is 10.3. The van der Waals surface area contributed by atoms with Crippen LogP contribution < -0.4 is 16.4 Å². The number of carbonyl (C=O) groups excluding carboxylic acids is 3. The zero-order chi connectivity index (χ0) is 19.7. The van der Waals surface area contributed by atoms with Crippen molar-refractivity contribution in [3.05, 3.63) is 64.7 Å². The normalized spacial score (nSPS) is 18.8. The van der Waals surface area contributed by atoms with Crippen LogP contribution in [0.5, 0.6) is 0 Å². The smallest absolute Gasteiger partial charge is 0.255 e. The number of benzene rings is 2. The third-order valence-electron chi connectivity index (χ3n) is 5.27. The van der Waals surface area contributed by atoms with Crippen molar-refractivity contribution in [3.8, 4) is 0 Å². The second kappa shape index (κ2) is 7.44. The Hall–Kier alpha value is -3.19. The first kappa shape index (κ1) is 18.2. The largest absolute Gasteiger partial charge is 0.381 e. The van der Waals surface area contributed by atoms with Crippen molar-refractivity contribution >= 4 is 23.4 Å². The van der Waals surface area contributed by atoms with E-state index in [-0.39, 0.29) is 24.1 Å². The third-order valence-corrected chi connectivity index (χ3v) is 5.27. The predicted octanol–water partition coefficient (Wildman–Crippen LogP) is 1.52. The van der Waals surface area contributed by atoms with Gasteiger partial charge in [-0.1, -0.05) is 24.3 Å². The second-order valence-corrected chi connectivity index (χ2v) is 7.15. The van der Waals surface area contributed by atoms with Gasteiger partial charge in [-0.15, -0.1) is 0 Å². The molecule has 7 heteroatoms. The highest BCUT2D eigenvalue weighted by Crippen LogP contribution is 2.28. The number of hydrogen-bond donors (Lipinski definition) is 3. The van der Waals surface area contributed by atoms with E-state index in [9.17, 15) is 14.4 Å². The average molecular weight is 378 g/mol. The first-order chi connectivity index (χ1) is 13.5. The molecule has 0 bridgehead atoms. The molecule has 2 aromatic carbocycles. The molecule has 144 valence electrons. The molecule has 1 fully saturated rings. The SMILES string of the molecule is NCc1ccc(NCc2ccc3c(c2)CN(C2CCC(=O)NC2=O)C3=O)cc1. The molecule has 3 amide bonds. The van der Waals surface area contributed by atoms with E-state index in [1.807, 2.05) is 42.5 Å². The molecule has 0 radical (unpaired) electrons. The first-order valence-corrected chi connectivity index (χ1v) is 9.34. The molecule has 2 aliphatic heterocycles. The fraction of sp³-hybridized carbons (Fsp3) is 0.286. The number of nitrogens with two attached hydrogens (primary N) is 1. The van der Waals surface area contributed by atoms with Gasteiger partial charge in [0.1, 0.15) is 6.04 Å². The number of nitrogens with one attached hydrogen (secondary N) is 2. The summed E-state index contributed by atoms with van der Waals surface area (Å²) in [4.78, 5) is 37.7. The number of piperidine rings is 1. The van der Waals surface area contributed by atoms with Crippen LogP contribution in [0.4, 0.5) is 5.69 Å². The maximum atomic E-state index is 12.7. The van der Waals surface area contributed by atoms with Gasteiger partial charge in [0, 0.05) is 37.3 Å². The lowest BCUT2D eigenvalue weighted by atomic mass is 10.0. The lowest BCUT2D eigenvalue weighted by Crippen LogP contribution is -2.52. The number of amides is 3. The zero-order valence-electron chi connectivity index (χ0n) is 15.4. The molecule has 1 saturated heterocycles. The van der Waals surface area contributed by atoms with Gasteiger partial charge in [-0.05, 0) is 41.3 Å². The van der Waals surface area contributed by atoms with E-state index in [0.717, 1.165) is 22.4 Å². The molecular weight excluding hydrogens is 356 g/mol. The van der Waals surface area contributed by atoms with Crippen molar-refractivity contribution < 1.29 is 14.4 Å². The molecule has 0 spiro atoms. The van der Waals surface area contributed by atoms with Gasteiger partial charge in [0.25, 0.3) is 5.91 Å². The Morgan fingerprint density at radius 3 is 2.54 bits per heavy atom. The average Bonchev–Trinajstić information content (AvgIpc) is 3.02. The highest BCUT2D eigenvalue weighted by Gasteiger charge is 2.38. The standard InChI is InChI=1S/C21H22N4O3/c22-10-13-1-4-16(5-2-13)23-11-14-3-6-17-15(9-14)12-25(21(17)28)18-7-8-19(26)24-20(18)27/h1-6,9,18,23H,7-8,10-12,22H2,(H,24,26,27). The molecule has 4 rings (SSSR count). The highest BCUT2D eigenvalue weighted by molar-refractivity contribution is 6.05. The van der Waals surface area contributed by atoms with Gasteiger partial charge in [-0.3, -0.25) is 19.7 Å². The molecule has 1 unspecified atom stereocenters. The van der Waals surface area contributed by atoms with Crippen LogP contribution in [0.1, 0.15) is 39.9 Å². The summed E-state index contributed by atoms with van der Waals surface area (Å²) in [5.74, 6) is -0.820. The Morgan fingerprint density at radius 1 is 1.07 bits per heavy atom. The van der Waals surface area contributed by atoms with E-state index in [4.69, 9.17) is 5.73 Å². The van der Waals surface area contributed by atoms with E-state index >= 15 is 0 Å². The molecule has 28 heavy (non-hydrogen) atoms. The summed E-state index contributed by atoms with van der Waals surface area (Å²) in [6.45, 7) is 1.53. The molecular formula is C21H22N4O3. The quantitative estimate of drug-likeness (QED) is 0.684. The summed E-state index contributed by atoms with van der Waals surface area (Å²) >= 11 is 0. The van der Waals surface area contributed by atoms with Crippen molar-refractivity contribution in [3.63, 3.8) is 0 Å². The predicted molar refractivity (Wildman–Crippen MR) is 104 cm³/mol. The van der Waals surface area contributed by atoms with Gasteiger partial charge in [0.15, 0.2) is 0 Å². The Balaban J connectivity index is 1.44. The molecule has 4 N–H and O–H groups in total. The van der Waals surface area contributed by atoms with Gasteiger partial charge in [0.2, 0.25) is 11.8 Å². The zero-order valence-corrected chi connectivity index (χ0v) is 15.4. The molecule has 1 atom stereocenters. The third kappa shape index (κ3) is 3.48. The van der Waals surface area contributed by atoms with E-state index in [1.54, 1.807) is 4.90 Å². The minimum atomic E-state index is -0.583. The molecule has 2 aliphatic rings. The van der Waals surface area contributed by atoms with Gasteiger partial charge >= 0.3 is 0 Å². The summed E-state index contributed by atoms with van der Waals surface area (Å²) in [6, 6.07) is 13.1. The van der Waals surface area contributed by atoms with Crippen LogP contribution in [0.2, 0.25) is 0 Å². The maximum Gasteiger partial charge on any atom is 0.255 e. The molecule has 7 nitrogen and oxygen atoms in total. The van der Waals surface area contributed by atoms with E-state index in [2.05, 4.69) is 10.6 Å². The molecule has 0 saturated carbocycles. The topological polar surface area (TPSA) is 105 Å². The van der Waals surface area contributed by atoms with Crippen LogP contribution in [0.25, 0.3) is 0 Å². The van der Waals surface area contributed by atoms with Crippen LogP contribution in [-0.4, -0.2) is 28.7 Å². The van der Waals surface area contributed by atoms with Crippen molar-refractivity contribution in [1.29, 1.82) is 0 Å². The lowest BCUT2D eigenvalue weighted by molar-refractivity contribution is -0.136. The van der Waals surface area contributed by atoms with Gasteiger partial charge < -0.3 is 16.0 Å². The molecule has 2 heterocycles. The number of anilines is 1. The lowest BCUT2D eigenvalue weighted by Gasteiger charge is -2.29. The van der Waals surface area contributed by atoms with E-state index in [0.29, 0.717) is 31.6 Å². The summed E-state index contributed by atoms with van der Waals surface area (Å²) in [7, 11) is 0. The van der Waals surface area contributed by atoms with Crippen molar-refractivity contribution in [2.24, 2.45) is 5.73 Å². The first-order valence-electron chi connectivity index (χ1n) is 9.34. The van der Waals surface area contributed by atoms with Crippen LogP contribution in [-0.2, 0) is 29.2 Å². The Labute approximate surface area is 162 Å². The maximum absolute atomic E-state index is 12.7. The van der Waals surface area contributed by atoms with Gasteiger partial charge in [0.05, 0.1) is 0 Å². The van der Waals surface area contributed by atoms with Gasteiger partial charge in [-0.2, -0.15) is 0 Å². The van der Waals surface area contributed by atoms with Gasteiger partial charge in [-0.25, -0.2) is 0 Å². The summed E-state index contributed by atoms with van der Waals surface area (Å²) < 4.78 is 0. The van der Waals surface area contributed by atoms with Crippen molar-refractivity contribution in [2.45, 2.75) is 38.5 Å². The number of carbonyl (C=O) groups is 3. The monoisotopic (exact) mass is 378 g/mol. The van der Waals surface area contributed by atoms with Crippen LogP contribution in [0.3, 0.4) is 0 Å². The summed E-state index contributed by atoms with van der Waals surface area (Å²) in [6.07, 6.45) is 0.631. The number of imide groups is 1. The minimum Gasteiger partial charge on any atom is -0.381 e. The number of fused-ring (bicyclic) bond motifs is 1. The number of hydrogen-bond acceptors (Lipinski definition) is 5. The minimum absolute atomic E-state index is 0.151. The second-order valence-electron chi connectivity index (χ2n) is 7.15. The Bertz CT molecular complexity index is 939.